The van der Waals surface area contributed by atoms with Gasteiger partial charge in [0.1, 0.15) is 11.4 Å². The van der Waals surface area contributed by atoms with Gasteiger partial charge in [0, 0.05) is 17.5 Å². The smallest absolute Gasteiger partial charge is 0.346 e. The van der Waals surface area contributed by atoms with Crippen LogP contribution in [0.3, 0.4) is 0 Å². The van der Waals surface area contributed by atoms with Crippen LogP contribution < -0.4 is 5.73 Å². The van der Waals surface area contributed by atoms with Crippen molar-refractivity contribution in [2.75, 3.05) is 0 Å². The van der Waals surface area contributed by atoms with Gasteiger partial charge in [0.15, 0.2) is 0 Å². The van der Waals surface area contributed by atoms with E-state index in [4.69, 9.17) is 17.3 Å². The van der Waals surface area contributed by atoms with Gasteiger partial charge < -0.3 is 10.6 Å². The highest BCUT2D eigenvalue weighted by Crippen LogP contribution is 2.29. The first-order chi connectivity index (χ1) is 8.84. The molecule has 0 fully saturated rings. The number of urea groups is 1. The van der Waals surface area contributed by atoms with Gasteiger partial charge in [-0.15, -0.1) is 0 Å². The molecule has 1 aliphatic heterocycles. The minimum absolute atomic E-state index is 0.0506. The number of amides is 2. The summed E-state index contributed by atoms with van der Waals surface area (Å²) in [5, 5.41) is 0.693. The maximum Gasteiger partial charge on any atom is 0.346 e. The normalized spacial score (nSPS) is 23.1. The number of rotatable bonds is 3. The van der Waals surface area contributed by atoms with E-state index in [0.717, 1.165) is 5.56 Å². The van der Waals surface area contributed by atoms with E-state index in [-0.39, 0.29) is 12.1 Å². The molecule has 0 saturated carbocycles. The second-order valence-corrected chi connectivity index (χ2v) is 5.76. The lowest BCUT2D eigenvalue weighted by atomic mass is 9.90. The van der Waals surface area contributed by atoms with Gasteiger partial charge in [-0.3, -0.25) is 0 Å². The summed E-state index contributed by atoms with van der Waals surface area (Å²) in [6, 6.07) is 7.36. The van der Waals surface area contributed by atoms with Crippen LogP contribution in [0.4, 0.5) is 4.79 Å². The third kappa shape index (κ3) is 2.45. The van der Waals surface area contributed by atoms with Crippen molar-refractivity contribution in [3.63, 3.8) is 0 Å². The third-order valence-corrected chi connectivity index (χ3v) is 3.74. The van der Waals surface area contributed by atoms with Crippen LogP contribution in [0.15, 0.2) is 29.3 Å². The Hall–Kier alpha value is -1.55. The molecule has 0 spiro atoms. The van der Waals surface area contributed by atoms with Crippen molar-refractivity contribution in [3.05, 3.63) is 34.9 Å². The topological polar surface area (TPSA) is 58.7 Å². The Balaban J connectivity index is 2.32. The second kappa shape index (κ2) is 4.85. The average molecular weight is 280 g/mol. The van der Waals surface area contributed by atoms with Crippen molar-refractivity contribution < 1.29 is 4.79 Å². The zero-order valence-electron chi connectivity index (χ0n) is 11.4. The molecular formula is C14H18ClN3O. The lowest BCUT2D eigenvalue weighted by molar-refractivity contribution is 0.155. The summed E-state index contributed by atoms with van der Waals surface area (Å²) < 4.78 is 0. The SMILES string of the molecule is CC(C)N1C(=O)N=C(N)C1(C)Cc1ccc(Cl)cc1. The van der Waals surface area contributed by atoms with Gasteiger partial charge in [0.25, 0.3) is 0 Å². The molecule has 1 heterocycles. The Morgan fingerprint density at radius 1 is 1.37 bits per heavy atom. The Labute approximate surface area is 118 Å². The molecule has 1 aromatic rings. The first kappa shape index (κ1) is 13.9. The molecule has 2 N–H and O–H groups in total. The Kier molecular flexibility index (Phi) is 3.54. The number of nitrogens with zero attached hydrogens (tertiary/aromatic N) is 2. The van der Waals surface area contributed by atoms with Gasteiger partial charge >= 0.3 is 6.03 Å². The maximum atomic E-state index is 11.9. The zero-order chi connectivity index (χ0) is 14.2. The van der Waals surface area contributed by atoms with Crippen LogP contribution in [0, 0.1) is 0 Å². The molecule has 1 aromatic carbocycles. The lowest BCUT2D eigenvalue weighted by Gasteiger charge is -2.37. The number of hydrogen-bond acceptors (Lipinski definition) is 2. The minimum atomic E-state index is -0.570. The second-order valence-electron chi connectivity index (χ2n) is 5.32. The highest BCUT2D eigenvalue weighted by Gasteiger charge is 2.45. The number of aliphatic imine (C=N–C) groups is 1. The molecule has 2 amide bonds. The summed E-state index contributed by atoms with van der Waals surface area (Å²) in [6.07, 6.45) is 0.628. The highest BCUT2D eigenvalue weighted by molar-refractivity contribution is 6.30. The van der Waals surface area contributed by atoms with Crippen LogP contribution in [0.2, 0.25) is 5.02 Å². The molecule has 1 atom stereocenters. The first-order valence-corrected chi connectivity index (χ1v) is 6.65. The van der Waals surface area contributed by atoms with Gasteiger partial charge in [-0.05, 0) is 38.5 Å². The van der Waals surface area contributed by atoms with E-state index in [0.29, 0.717) is 17.3 Å². The molecule has 0 aromatic heterocycles. The van der Waals surface area contributed by atoms with Gasteiger partial charge in [0.2, 0.25) is 0 Å². The molecule has 2 rings (SSSR count). The minimum Gasteiger partial charge on any atom is -0.385 e. The van der Waals surface area contributed by atoms with E-state index in [1.807, 2.05) is 45.0 Å². The van der Waals surface area contributed by atoms with Crippen molar-refractivity contribution in [1.29, 1.82) is 0 Å². The van der Waals surface area contributed by atoms with Gasteiger partial charge in [0.05, 0.1) is 0 Å². The van der Waals surface area contributed by atoms with E-state index < -0.39 is 5.54 Å². The standard InChI is InChI=1S/C14H18ClN3O/c1-9(2)18-13(19)17-12(16)14(18,3)8-10-4-6-11(15)7-5-10/h4-7,9H,8H2,1-3H3,(H2,16,17,19). The number of hydrogen-bond donors (Lipinski definition) is 1. The van der Waals surface area contributed by atoms with E-state index in [2.05, 4.69) is 4.99 Å². The van der Waals surface area contributed by atoms with Crippen LogP contribution in [0.5, 0.6) is 0 Å². The summed E-state index contributed by atoms with van der Waals surface area (Å²) in [5.74, 6) is 0.376. The van der Waals surface area contributed by atoms with Crippen molar-refractivity contribution in [3.8, 4) is 0 Å². The predicted octanol–water partition coefficient (Wildman–Crippen LogP) is 2.84. The van der Waals surface area contributed by atoms with Crippen LogP contribution in [0.1, 0.15) is 26.3 Å². The van der Waals surface area contributed by atoms with Gasteiger partial charge in [-0.25, -0.2) is 4.79 Å². The van der Waals surface area contributed by atoms with E-state index >= 15 is 0 Å². The first-order valence-electron chi connectivity index (χ1n) is 6.27. The Morgan fingerprint density at radius 3 is 2.47 bits per heavy atom. The largest absolute Gasteiger partial charge is 0.385 e. The van der Waals surface area contributed by atoms with Crippen LogP contribution in [0.25, 0.3) is 0 Å². The monoisotopic (exact) mass is 279 g/mol. The number of carbonyl (C=O) groups excluding carboxylic acids is 1. The molecule has 5 heteroatoms. The zero-order valence-corrected chi connectivity index (χ0v) is 12.1. The van der Waals surface area contributed by atoms with Crippen LogP contribution in [-0.2, 0) is 6.42 Å². The summed E-state index contributed by atoms with van der Waals surface area (Å²) >= 11 is 5.88. The molecule has 0 radical (unpaired) electrons. The molecule has 1 unspecified atom stereocenters. The van der Waals surface area contributed by atoms with Crippen LogP contribution >= 0.6 is 11.6 Å². The average Bonchev–Trinajstić information content (AvgIpc) is 2.52. The summed E-state index contributed by atoms with van der Waals surface area (Å²) in [4.78, 5) is 17.6. The van der Waals surface area contributed by atoms with Gasteiger partial charge in [-0.1, -0.05) is 23.7 Å². The van der Waals surface area contributed by atoms with Crippen molar-refractivity contribution in [2.45, 2.75) is 38.8 Å². The number of amidine groups is 1. The fourth-order valence-electron chi connectivity index (χ4n) is 2.58. The van der Waals surface area contributed by atoms with Crippen molar-refractivity contribution in [1.82, 2.24) is 4.90 Å². The Bertz CT molecular complexity index is 524. The van der Waals surface area contributed by atoms with Crippen molar-refractivity contribution in [2.24, 2.45) is 10.7 Å². The summed E-state index contributed by atoms with van der Waals surface area (Å²) in [5.41, 5.74) is 6.48. The fraction of sp³-hybridized carbons (Fsp3) is 0.429. The molecule has 1 aliphatic rings. The highest BCUT2D eigenvalue weighted by atomic mass is 35.5. The number of nitrogens with two attached hydrogens (primary N) is 1. The Morgan fingerprint density at radius 2 is 1.95 bits per heavy atom. The van der Waals surface area contributed by atoms with E-state index in [1.165, 1.54) is 0 Å². The molecule has 0 aliphatic carbocycles. The fourth-order valence-corrected chi connectivity index (χ4v) is 2.70. The quantitative estimate of drug-likeness (QED) is 0.925. The molecule has 0 bridgehead atoms. The number of halogens is 1. The maximum absolute atomic E-state index is 11.9. The molecule has 19 heavy (non-hydrogen) atoms. The lowest BCUT2D eigenvalue weighted by Crippen LogP contribution is -2.55. The van der Waals surface area contributed by atoms with Gasteiger partial charge in [-0.2, -0.15) is 4.99 Å². The van der Waals surface area contributed by atoms with Crippen LogP contribution in [-0.4, -0.2) is 28.3 Å². The molecule has 102 valence electrons. The summed E-state index contributed by atoms with van der Waals surface area (Å²) in [6.45, 7) is 5.88. The molecular weight excluding hydrogens is 262 g/mol. The predicted molar refractivity (Wildman–Crippen MR) is 77.6 cm³/mol. The number of benzene rings is 1. The molecule has 4 nitrogen and oxygen atoms in total. The molecule has 0 saturated heterocycles. The van der Waals surface area contributed by atoms with E-state index in [9.17, 15) is 4.79 Å². The number of carbonyl (C=O) groups is 1. The summed E-state index contributed by atoms with van der Waals surface area (Å²) in [7, 11) is 0. The van der Waals surface area contributed by atoms with E-state index in [1.54, 1.807) is 4.90 Å². The van der Waals surface area contributed by atoms with Crippen molar-refractivity contribution >= 4 is 23.5 Å². The third-order valence-electron chi connectivity index (χ3n) is 3.48.